The maximum Gasteiger partial charge on any atom is 0.258 e. The van der Waals surface area contributed by atoms with Gasteiger partial charge in [0.1, 0.15) is 10.8 Å². The van der Waals surface area contributed by atoms with Crippen molar-refractivity contribution >= 4 is 34.3 Å². The molecule has 6 nitrogen and oxygen atoms in total. The molecule has 0 aliphatic carbocycles. The van der Waals surface area contributed by atoms with Crippen molar-refractivity contribution in [2.24, 2.45) is 0 Å². The van der Waals surface area contributed by atoms with E-state index in [0.717, 1.165) is 27.9 Å². The fraction of sp³-hybridized carbons (Fsp3) is 0.143. The van der Waals surface area contributed by atoms with Gasteiger partial charge in [-0.15, -0.1) is 11.8 Å². The van der Waals surface area contributed by atoms with E-state index < -0.39 is 0 Å². The normalized spacial score (nSPS) is 10.9. The van der Waals surface area contributed by atoms with Gasteiger partial charge in [-0.1, -0.05) is 23.4 Å². The number of carbonyl (C=O) groups excluding carboxylic acids is 1. The summed E-state index contributed by atoms with van der Waals surface area (Å²) >= 11 is 1.49. The Morgan fingerprint density at radius 3 is 2.82 bits per heavy atom. The monoisotopic (exact) mass is 390 g/mol. The average Bonchev–Trinajstić information content (AvgIpc) is 3.04. The van der Waals surface area contributed by atoms with E-state index in [-0.39, 0.29) is 5.91 Å². The number of anilines is 1. The number of aromatic nitrogens is 3. The zero-order chi connectivity index (χ0) is 19.5. The molecule has 1 N–H and O–H groups in total. The Balaban J connectivity index is 1.54. The lowest BCUT2D eigenvalue weighted by molar-refractivity contribution is 0.102. The zero-order valence-corrected chi connectivity index (χ0v) is 16.3. The van der Waals surface area contributed by atoms with Gasteiger partial charge in [0.05, 0.1) is 28.7 Å². The first-order chi connectivity index (χ1) is 13.6. The van der Waals surface area contributed by atoms with E-state index in [4.69, 9.17) is 4.52 Å². The minimum atomic E-state index is -0.216. The first-order valence-electron chi connectivity index (χ1n) is 8.77. The highest BCUT2D eigenvalue weighted by Crippen LogP contribution is 2.27. The standard InChI is InChI=1S/C21H18N4O2S/c1-13-18(14(2)27-25-13)12-28-21-17(7-5-9-22-21)20(26)24-16-10-15-6-3-4-8-19(15)23-11-16/h3-11H,12H2,1-2H3,(H,24,26). The molecule has 0 fully saturated rings. The van der Waals surface area contributed by atoms with Gasteiger partial charge in [-0.3, -0.25) is 9.78 Å². The molecular formula is C21H18N4O2S. The Bertz CT molecular complexity index is 1140. The van der Waals surface area contributed by atoms with E-state index in [2.05, 4.69) is 20.4 Å². The molecule has 7 heteroatoms. The molecule has 0 saturated carbocycles. The Kier molecular flexibility index (Phi) is 5.08. The van der Waals surface area contributed by atoms with E-state index >= 15 is 0 Å². The van der Waals surface area contributed by atoms with Gasteiger partial charge in [0.2, 0.25) is 0 Å². The van der Waals surface area contributed by atoms with Gasteiger partial charge in [0.15, 0.2) is 0 Å². The number of rotatable bonds is 5. The van der Waals surface area contributed by atoms with Crippen molar-refractivity contribution in [3.63, 3.8) is 0 Å². The third kappa shape index (κ3) is 3.75. The molecule has 3 heterocycles. The van der Waals surface area contributed by atoms with Gasteiger partial charge in [0, 0.05) is 22.9 Å². The fourth-order valence-corrected chi connectivity index (χ4v) is 4.01. The zero-order valence-electron chi connectivity index (χ0n) is 15.5. The average molecular weight is 390 g/mol. The highest BCUT2D eigenvalue weighted by atomic mass is 32.2. The van der Waals surface area contributed by atoms with Crippen molar-refractivity contribution in [3.8, 4) is 0 Å². The molecule has 0 saturated heterocycles. The summed E-state index contributed by atoms with van der Waals surface area (Å²) in [7, 11) is 0. The minimum absolute atomic E-state index is 0.216. The summed E-state index contributed by atoms with van der Waals surface area (Å²) in [6, 6.07) is 13.2. The summed E-state index contributed by atoms with van der Waals surface area (Å²) in [5.41, 5.74) is 3.94. The number of hydrogen-bond donors (Lipinski definition) is 1. The topological polar surface area (TPSA) is 80.9 Å². The number of amides is 1. The third-order valence-corrected chi connectivity index (χ3v) is 5.43. The summed E-state index contributed by atoms with van der Waals surface area (Å²) in [6.07, 6.45) is 3.34. The lowest BCUT2D eigenvalue weighted by Crippen LogP contribution is -2.13. The van der Waals surface area contributed by atoms with Crippen molar-refractivity contribution in [2.45, 2.75) is 24.6 Å². The largest absolute Gasteiger partial charge is 0.361 e. The second-order valence-corrected chi connectivity index (χ2v) is 7.28. The number of hydrogen-bond acceptors (Lipinski definition) is 6. The molecule has 0 spiro atoms. The maximum absolute atomic E-state index is 12.8. The lowest BCUT2D eigenvalue weighted by Gasteiger charge is -2.09. The van der Waals surface area contributed by atoms with Crippen molar-refractivity contribution in [2.75, 3.05) is 5.32 Å². The lowest BCUT2D eigenvalue weighted by atomic mass is 10.2. The van der Waals surface area contributed by atoms with Crippen molar-refractivity contribution in [1.82, 2.24) is 15.1 Å². The summed E-state index contributed by atoms with van der Waals surface area (Å²) in [4.78, 5) is 21.6. The number of carbonyl (C=O) groups is 1. The van der Waals surface area contributed by atoms with Crippen LogP contribution in [0.2, 0.25) is 0 Å². The van der Waals surface area contributed by atoms with Crippen molar-refractivity contribution in [1.29, 1.82) is 0 Å². The second-order valence-electron chi connectivity index (χ2n) is 6.32. The predicted octanol–water partition coefficient (Wildman–Crippen LogP) is 4.78. The molecule has 4 aromatic rings. The number of nitrogens with one attached hydrogen (secondary N) is 1. The van der Waals surface area contributed by atoms with Gasteiger partial charge >= 0.3 is 0 Å². The van der Waals surface area contributed by atoms with Crippen molar-refractivity contribution in [3.05, 3.63) is 77.4 Å². The molecule has 28 heavy (non-hydrogen) atoms. The van der Waals surface area contributed by atoms with Crippen LogP contribution in [0.3, 0.4) is 0 Å². The molecule has 1 aromatic carbocycles. The van der Waals surface area contributed by atoms with E-state index in [1.807, 2.05) is 44.2 Å². The fourth-order valence-electron chi connectivity index (χ4n) is 2.86. The highest BCUT2D eigenvalue weighted by molar-refractivity contribution is 7.98. The van der Waals surface area contributed by atoms with Gasteiger partial charge in [-0.05, 0) is 38.1 Å². The number of pyridine rings is 2. The summed E-state index contributed by atoms with van der Waals surface area (Å²) in [5.74, 6) is 1.20. The molecule has 0 radical (unpaired) electrons. The SMILES string of the molecule is Cc1noc(C)c1CSc1ncccc1C(=O)Nc1cnc2ccccc2c1. The Labute approximate surface area is 166 Å². The van der Waals surface area contributed by atoms with E-state index in [9.17, 15) is 4.79 Å². The summed E-state index contributed by atoms with van der Waals surface area (Å²) in [6.45, 7) is 3.79. The van der Waals surface area contributed by atoms with Gasteiger partial charge in [-0.2, -0.15) is 0 Å². The number of benzene rings is 1. The van der Waals surface area contributed by atoms with Crippen LogP contribution >= 0.6 is 11.8 Å². The van der Waals surface area contributed by atoms with Gasteiger partial charge in [0.25, 0.3) is 5.91 Å². The van der Waals surface area contributed by atoms with Crippen LogP contribution < -0.4 is 5.32 Å². The molecule has 0 aliphatic rings. The number of aryl methyl sites for hydroxylation is 2. The number of fused-ring (bicyclic) bond motifs is 1. The molecule has 0 aliphatic heterocycles. The molecule has 0 atom stereocenters. The maximum atomic E-state index is 12.8. The number of thioether (sulfide) groups is 1. The Hall–Kier alpha value is -3.19. The number of nitrogens with zero attached hydrogens (tertiary/aromatic N) is 3. The van der Waals surface area contributed by atoms with E-state index in [1.54, 1.807) is 24.5 Å². The summed E-state index contributed by atoms with van der Waals surface area (Å²) < 4.78 is 5.21. The molecule has 0 bridgehead atoms. The van der Waals surface area contributed by atoms with E-state index in [0.29, 0.717) is 22.0 Å². The molecule has 0 unspecified atom stereocenters. The van der Waals surface area contributed by atoms with Crippen LogP contribution in [0.5, 0.6) is 0 Å². The predicted molar refractivity (Wildman–Crippen MR) is 109 cm³/mol. The molecule has 4 rings (SSSR count). The second kappa shape index (κ2) is 7.82. The van der Waals surface area contributed by atoms with Crippen LogP contribution in [-0.2, 0) is 5.75 Å². The van der Waals surface area contributed by atoms with Crippen LogP contribution in [0.4, 0.5) is 5.69 Å². The first-order valence-corrected chi connectivity index (χ1v) is 9.76. The van der Waals surface area contributed by atoms with E-state index in [1.165, 1.54) is 11.8 Å². The molecular weight excluding hydrogens is 372 g/mol. The van der Waals surface area contributed by atoms with Crippen LogP contribution in [0.1, 0.15) is 27.4 Å². The highest BCUT2D eigenvalue weighted by Gasteiger charge is 2.16. The smallest absolute Gasteiger partial charge is 0.258 e. The Morgan fingerprint density at radius 2 is 2.00 bits per heavy atom. The molecule has 3 aromatic heterocycles. The van der Waals surface area contributed by atoms with Gasteiger partial charge in [-0.25, -0.2) is 4.98 Å². The van der Waals surface area contributed by atoms with Crippen LogP contribution in [-0.4, -0.2) is 21.0 Å². The van der Waals surface area contributed by atoms with Crippen LogP contribution in [0.25, 0.3) is 10.9 Å². The summed E-state index contributed by atoms with van der Waals surface area (Å²) in [5, 5.41) is 8.53. The van der Waals surface area contributed by atoms with Gasteiger partial charge < -0.3 is 9.84 Å². The first kappa shape index (κ1) is 18.2. The van der Waals surface area contributed by atoms with Crippen molar-refractivity contribution < 1.29 is 9.32 Å². The Morgan fingerprint density at radius 1 is 1.14 bits per heavy atom. The molecule has 1 amide bonds. The molecule has 140 valence electrons. The van der Waals surface area contributed by atoms with Crippen LogP contribution in [0.15, 0.2) is 64.4 Å². The number of para-hydroxylation sites is 1. The minimum Gasteiger partial charge on any atom is -0.361 e. The third-order valence-electron chi connectivity index (χ3n) is 4.40. The quantitative estimate of drug-likeness (QED) is 0.494. The van der Waals surface area contributed by atoms with Crippen LogP contribution in [0, 0.1) is 13.8 Å².